The molecule has 0 radical (unpaired) electrons. The van der Waals surface area contributed by atoms with Crippen LogP contribution in [0.1, 0.15) is 0 Å². The summed E-state index contributed by atoms with van der Waals surface area (Å²) in [4.78, 5) is 3.58. The second-order valence-electron chi connectivity index (χ2n) is 1.02. The summed E-state index contributed by atoms with van der Waals surface area (Å²) in [5.74, 6) is 0.343. The minimum absolute atomic E-state index is 0. The molecule has 1 aliphatic heterocycles. The van der Waals surface area contributed by atoms with E-state index in [4.69, 9.17) is 5.41 Å². The van der Waals surface area contributed by atoms with Crippen molar-refractivity contribution in [1.82, 2.24) is 0 Å². The third-order valence-corrected chi connectivity index (χ3v) is 0.554. The van der Waals surface area contributed by atoms with Gasteiger partial charge in [-0.2, -0.15) is 0 Å². The Labute approximate surface area is 51.8 Å². The van der Waals surface area contributed by atoms with E-state index in [1.165, 1.54) is 0 Å². The summed E-state index contributed by atoms with van der Waals surface area (Å²) in [7, 11) is 0. The first-order valence-electron chi connectivity index (χ1n) is 1.69. The summed E-state index contributed by atoms with van der Waals surface area (Å²) >= 11 is 0. The fourth-order valence-corrected chi connectivity index (χ4v) is 0.301. The van der Waals surface area contributed by atoms with Crippen LogP contribution in [0, 0.1) is 5.41 Å². The molecule has 3 heteroatoms. The van der Waals surface area contributed by atoms with Crippen LogP contribution in [0.4, 0.5) is 0 Å². The number of hydrogen-bond acceptors (Lipinski definition) is 1. The Morgan fingerprint density at radius 2 is 2.29 bits per heavy atom. The van der Waals surface area contributed by atoms with E-state index in [0.29, 0.717) is 5.84 Å². The first-order chi connectivity index (χ1) is 2.89. The Morgan fingerprint density at radius 3 is 2.43 bits per heavy atom. The van der Waals surface area contributed by atoms with Gasteiger partial charge in [0.05, 0.1) is 0 Å². The van der Waals surface area contributed by atoms with E-state index >= 15 is 0 Å². The molecule has 1 heterocycles. The molecule has 0 spiro atoms. The van der Waals surface area contributed by atoms with Crippen molar-refractivity contribution in [2.75, 3.05) is 0 Å². The maximum absolute atomic E-state index is 6.76. The molecular weight excluding hydrogens is 135 g/mol. The van der Waals surface area contributed by atoms with E-state index in [1.807, 2.05) is 0 Å². The number of hydrogen-bond donors (Lipinski definition) is 1. The largest absolute Gasteiger partial charge is 0.283 e. The zero-order valence-electron chi connectivity index (χ0n) is 3.50. The third-order valence-electron chi connectivity index (χ3n) is 0.554. The molecule has 7 heavy (non-hydrogen) atoms. The van der Waals surface area contributed by atoms with E-state index in [0.717, 1.165) is 0 Å². The summed E-state index contributed by atoms with van der Waals surface area (Å²) in [6, 6.07) is 0. The second-order valence-corrected chi connectivity index (χ2v) is 1.02. The third kappa shape index (κ3) is 1.65. The average molecular weight is 139 g/mol. The van der Waals surface area contributed by atoms with Gasteiger partial charge < -0.3 is 0 Å². The molecule has 0 aromatic rings. The molecule has 0 fully saturated rings. The number of rotatable bonds is 0. The summed E-state index contributed by atoms with van der Waals surface area (Å²) in [5.41, 5.74) is 0. The Morgan fingerprint density at radius 1 is 1.57 bits per heavy atom. The average Bonchev–Trinajstić information content (AvgIpc) is 1.86. The molecule has 0 unspecified atom stereocenters. The Balaban J connectivity index is 0.000000360. The van der Waals surface area contributed by atoms with Crippen molar-refractivity contribution in [2.45, 2.75) is 0 Å². The fourth-order valence-electron chi connectivity index (χ4n) is 0.301. The minimum Gasteiger partial charge on any atom is -0.283 e. The van der Waals surface area contributed by atoms with Crippen LogP contribution < -0.4 is 0 Å². The van der Waals surface area contributed by atoms with Crippen LogP contribution in [0.25, 0.3) is 0 Å². The van der Waals surface area contributed by atoms with E-state index in [2.05, 4.69) is 4.99 Å². The van der Waals surface area contributed by atoms with Gasteiger partial charge >= 0.3 is 0 Å². The standard InChI is InChI=1S/C4H4N2.Ni/c5-4-2-1-3-6-4;/h1-3,5H;. The van der Waals surface area contributed by atoms with Gasteiger partial charge in [-0.05, 0) is 12.2 Å². The van der Waals surface area contributed by atoms with Crippen LogP contribution in [-0.2, 0) is 16.5 Å². The smallest absolute Gasteiger partial charge is 0.144 e. The van der Waals surface area contributed by atoms with Gasteiger partial charge in [0.1, 0.15) is 5.84 Å². The van der Waals surface area contributed by atoms with E-state index in [9.17, 15) is 0 Å². The van der Waals surface area contributed by atoms with Crippen LogP contribution in [0.3, 0.4) is 0 Å². The van der Waals surface area contributed by atoms with Gasteiger partial charge in [-0.25, -0.2) is 4.99 Å². The van der Waals surface area contributed by atoms with Crippen LogP contribution in [0.2, 0.25) is 0 Å². The number of nitrogens with one attached hydrogen (secondary N) is 1. The quantitative estimate of drug-likeness (QED) is 0.477. The molecule has 1 N–H and O–H groups in total. The molecule has 1 rings (SSSR count). The minimum atomic E-state index is 0. The predicted octanol–water partition coefficient (Wildman–Crippen LogP) is 0.602. The van der Waals surface area contributed by atoms with E-state index in [-0.39, 0.29) is 16.5 Å². The monoisotopic (exact) mass is 138 g/mol. The zero-order chi connectivity index (χ0) is 4.41. The van der Waals surface area contributed by atoms with Gasteiger partial charge in [-0.1, -0.05) is 0 Å². The van der Waals surface area contributed by atoms with E-state index in [1.54, 1.807) is 18.4 Å². The Kier molecular flexibility index (Phi) is 2.53. The number of amidine groups is 1. The summed E-state index contributed by atoms with van der Waals surface area (Å²) in [6.45, 7) is 0. The van der Waals surface area contributed by atoms with Gasteiger partial charge in [-0.15, -0.1) is 0 Å². The molecule has 40 valence electrons. The molecule has 2 nitrogen and oxygen atoms in total. The SMILES string of the molecule is N=C1C=CC=N1.[Ni]. The Bertz CT molecular complexity index is 112. The summed E-state index contributed by atoms with van der Waals surface area (Å²) in [5, 5.41) is 6.76. The normalized spacial score (nSPS) is 14.6. The molecule has 0 aromatic heterocycles. The van der Waals surface area contributed by atoms with Crippen LogP contribution >= 0.6 is 0 Å². The maximum atomic E-state index is 6.76. The first-order valence-corrected chi connectivity index (χ1v) is 1.69. The predicted molar refractivity (Wildman–Crippen MR) is 25.4 cm³/mol. The zero-order valence-corrected chi connectivity index (χ0v) is 4.48. The molecule has 0 aromatic carbocycles. The van der Waals surface area contributed by atoms with Crippen LogP contribution in [-0.4, -0.2) is 12.1 Å². The fraction of sp³-hybridized carbons (Fsp3) is 0. The Hall–Kier alpha value is -0.426. The van der Waals surface area contributed by atoms with Crippen molar-refractivity contribution in [3.05, 3.63) is 12.2 Å². The van der Waals surface area contributed by atoms with Crippen molar-refractivity contribution in [2.24, 2.45) is 4.99 Å². The van der Waals surface area contributed by atoms with E-state index < -0.39 is 0 Å². The van der Waals surface area contributed by atoms with Gasteiger partial charge in [0, 0.05) is 22.7 Å². The van der Waals surface area contributed by atoms with Crippen molar-refractivity contribution < 1.29 is 16.5 Å². The maximum Gasteiger partial charge on any atom is 0.144 e. The molecule has 1 aliphatic rings. The number of allylic oxidation sites excluding steroid dienone is 1. The molecule has 0 atom stereocenters. The van der Waals surface area contributed by atoms with Crippen molar-refractivity contribution in [1.29, 1.82) is 5.41 Å². The van der Waals surface area contributed by atoms with Gasteiger partial charge in [-0.3, -0.25) is 5.41 Å². The van der Waals surface area contributed by atoms with Crippen molar-refractivity contribution in [3.8, 4) is 0 Å². The second kappa shape index (κ2) is 2.70. The van der Waals surface area contributed by atoms with Gasteiger partial charge in [0.2, 0.25) is 0 Å². The molecule has 0 saturated heterocycles. The van der Waals surface area contributed by atoms with Crippen LogP contribution in [0.15, 0.2) is 17.1 Å². The summed E-state index contributed by atoms with van der Waals surface area (Å²) in [6.07, 6.45) is 4.98. The van der Waals surface area contributed by atoms with Gasteiger partial charge in [0.25, 0.3) is 0 Å². The molecule has 0 saturated carbocycles. The van der Waals surface area contributed by atoms with Gasteiger partial charge in [0.15, 0.2) is 0 Å². The molecule has 0 aliphatic carbocycles. The van der Waals surface area contributed by atoms with Crippen LogP contribution in [0.5, 0.6) is 0 Å². The topological polar surface area (TPSA) is 36.2 Å². The van der Waals surface area contributed by atoms with Crippen molar-refractivity contribution in [3.63, 3.8) is 0 Å². The summed E-state index contributed by atoms with van der Waals surface area (Å²) < 4.78 is 0. The molecule has 0 amide bonds. The number of aliphatic imine (C=N–C) groups is 1. The molecule has 0 bridgehead atoms. The first kappa shape index (κ1) is 6.57. The molecular formula is C4H4N2Ni. The number of nitrogens with zero attached hydrogens (tertiary/aromatic N) is 1. The van der Waals surface area contributed by atoms with Crippen molar-refractivity contribution >= 4 is 12.1 Å².